The van der Waals surface area contributed by atoms with Gasteiger partial charge in [0.05, 0.1) is 53.0 Å². The minimum absolute atomic E-state index is 0.0893. The predicted molar refractivity (Wildman–Crippen MR) is 174 cm³/mol. The minimum Gasteiger partial charge on any atom is -0.377 e. The number of aromatic nitrogens is 5. The molecule has 44 heavy (non-hydrogen) atoms. The van der Waals surface area contributed by atoms with Crippen molar-refractivity contribution < 1.29 is 9.53 Å². The second-order valence-electron chi connectivity index (χ2n) is 11.0. The van der Waals surface area contributed by atoms with Crippen LogP contribution in [-0.4, -0.2) is 44.0 Å². The van der Waals surface area contributed by atoms with Crippen LogP contribution in [0.1, 0.15) is 30.3 Å². The third-order valence-electron chi connectivity index (χ3n) is 7.73. The highest BCUT2D eigenvalue weighted by atomic mass is 16.5. The van der Waals surface area contributed by atoms with Crippen LogP contribution in [0.5, 0.6) is 0 Å². The molecular weight excluding hydrogens is 550 g/mol. The average Bonchev–Trinajstić information content (AvgIpc) is 3.45. The zero-order valence-electron chi connectivity index (χ0n) is 24.8. The summed E-state index contributed by atoms with van der Waals surface area (Å²) in [6, 6.07) is 21.9. The van der Waals surface area contributed by atoms with E-state index in [1.165, 1.54) is 11.1 Å². The van der Waals surface area contributed by atoms with Gasteiger partial charge in [-0.15, -0.1) is 0 Å². The van der Waals surface area contributed by atoms with Crippen molar-refractivity contribution in [1.82, 2.24) is 24.9 Å². The number of nitrogens with zero attached hydrogens (tertiary/aromatic N) is 5. The summed E-state index contributed by atoms with van der Waals surface area (Å²) in [6.07, 6.45) is 6.57. The second-order valence-corrected chi connectivity index (χ2v) is 11.0. The fraction of sp³-hybridized carbons (Fsp3) is 0.171. The number of aromatic amines is 1. The number of fused-ring (bicyclic) bond motifs is 2. The molecule has 218 valence electrons. The topological polar surface area (TPSA) is 109 Å². The van der Waals surface area contributed by atoms with E-state index in [1.54, 1.807) is 18.0 Å². The SMILES string of the molecule is CC(=O)N(c1ccnc(C)c1)c1ccc2nc(-c3ccc(Nc4cc(C)nc5ccc(C6=CCOCC6)cc45)cn3)[nH]c2c1. The molecule has 0 fully saturated rings. The normalized spacial score (nSPS) is 13.2. The number of rotatable bonds is 6. The highest BCUT2D eigenvalue weighted by Crippen LogP contribution is 2.32. The molecule has 2 N–H and O–H groups in total. The van der Waals surface area contributed by atoms with Crippen LogP contribution in [-0.2, 0) is 9.53 Å². The molecule has 0 saturated carbocycles. The molecule has 0 radical (unpaired) electrons. The Morgan fingerprint density at radius 1 is 0.909 bits per heavy atom. The summed E-state index contributed by atoms with van der Waals surface area (Å²) >= 11 is 0. The van der Waals surface area contributed by atoms with Gasteiger partial charge in [-0.25, -0.2) is 4.98 Å². The number of benzene rings is 2. The maximum Gasteiger partial charge on any atom is 0.228 e. The molecule has 0 bridgehead atoms. The fourth-order valence-corrected chi connectivity index (χ4v) is 5.65. The van der Waals surface area contributed by atoms with Crippen molar-refractivity contribution in [2.75, 3.05) is 23.4 Å². The van der Waals surface area contributed by atoms with Gasteiger partial charge in [0.1, 0.15) is 5.69 Å². The molecule has 0 atom stereocenters. The molecule has 5 heterocycles. The average molecular weight is 582 g/mol. The van der Waals surface area contributed by atoms with Crippen molar-refractivity contribution in [1.29, 1.82) is 0 Å². The van der Waals surface area contributed by atoms with Gasteiger partial charge >= 0.3 is 0 Å². The quantitative estimate of drug-likeness (QED) is 0.211. The number of nitrogens with one attached hydrogen (secondary N) is 2. The van der Waals surface area contributed by atoms with Crippen LogP contribution in [0.25, 0.3) is 39.0 Å². The van der Waals surface area contributed by atoms with E-state index in [2.05, 4.69) is 45.6 Å². The van der Waals surface area contributed by atoms with Crippen molar-refractivity contribution in [2.45, 2.75) is 27.2 Å². The van der Waals surface area contributed by atoms with Gasteiger partial charge in [0.2, 0.25) is 5.91 Å². The smallest absolute Gasteiger partial charge is 0.228 e. The Hall–Kier alpha value is -5.41. The van der Waals surface area contributed by atoms with Crippen LogP contribution in [0.4, 0.5) is 22.7 Å². The molecule has 2 aromatic carbocycles. The van der Waals surface area contributed by atoms with Crippen molar-refractivity contribution in [3.63, 3.8) is 0 Å². The summed E-state index contributed by atoms with van der Waals surface area (Å²) in [5, 5.41) is 4.61. The number of ether oxygens (including phenoxy) is 1. The van der Waals surface area contributed by atoms with Gasteiger partial charge < -0.3 is 15.0 Å². The molecule has 1 aliphatic heterocycles. The molecule has 0 aliphatic carbocycles. The van der Waals surface area contributed by atoms with Crippen LogP contribution < -0.4 is 10.2 Å². The number of H-pyrrole nitrogens is 1. The molecular formula is C35H31N7O2. The number of pyridine rings is 3. The Balaban J connectivity index is 1.16. The number of anilines is 4. The van der Waals surface area contributed by atoms with Gasteiger partial charge in [0.15, 0.2) is 5.82 Å². The lowest BCUT2D eigenvalue weighted by Gasteiger charge is -2.21. The maximum absolute atomic E-state index is 12.6. The van der Waals surface area contributed by atoms with E-state index in [1.807, 2.05) is 62.5 Å². The predicted octanol–water partition coefficient (Wildman–Crippen LogP) is 7.42. The molecule has 0 spiro atoms. The molecule has 0 unspecified atom stereocenters. The molecule has 9 heteroatoms. The standard InChI is InChI=1S/C35H31N7O2/c1-21-16-28(10-13-36-21)42(23(3)43)27-6-9-31-34(19-27)41-35(40-31)32-8-5-26(20-37-32)39-33-17-22(2)38-30-7-4-25(18-29(30)33)24-11-14-44-15-12-24/h4-11,13,16-20H,12,14-15H2,1-3H3,(H,38,39)(H,40,41). The van der Waals surface area contributed by atoms with E-state index in [-0.39, 0.29) is 5.91 Å². The van der Waals surface area contributed by atoms with Crippen LogP contribution >= 0.6 is 0 Å². The fourth-order valence-electron chi connectivity index (χ4n) is 5.65. The van der Waals surface area contributed by atoms with E-state index in [0.29, 0.717) is 18.1 Å². The lowest BCUT2D eigenvalue weighted by molar-refractivity contribution is -0.115. The monoisotopic (exact) mass is 581 g/mol. The minimum atomic E-state index is -0.0893. The molecule has 1 aliphatic rings. The second kappa shape index (κ2) is 11.3. The van der Waals surface area contributed by atoms with Crippen LogP contribution in [0, 0.1) is 13.8 Å². The third kappa shape index (κ3) is 5.41. The molecule has 7 rings (SSSR count). The summed E-state index contributed by atoms with van der Waals surface area (Å²) < 4.78 is 5.50. The number of amides is 1. The lowest BCUT2D eigenvalue weighted by atomic mass is 9.99. The Labute approximate surface area is 254 Å². The number of hydrogen-bond acceptors (Lipinski definition) is 7. The van der Waals surface area contributed by atoms with Crippen molar-refractivity contribution in [3.8, 4) is 11.5 Å². The highest BCUT2D eigenvalue weighted by molar-refractivity contribution is 6.01. The molecule has 0 saturated heterocycles. The first-order valence-corrected chi connectivity index (χ1v) is 14.6. The highest BCUT2D eigenvalue weighted by Gasteiger charge is 2.17. The van der Waals surface area contributed by atoms with Crippen LogP contribution in [0.2, 0.25) is 0 Å². The van der Waals surface area contributed by atoms with Gasteiger partial charge in [0, 0.05) is 35.6 Å². The molecule has 9 nitrogen and oxygen atoms in total. The zero-order valence-corrected chi connectivity index (χ0v) is 24.8. The Morgan fingerprint density at radius 2 is 1.77 bits per heavy atom. The van der Waals surface area contributed by atoms with Crippen LogP contribution in [0.3, 0.4) is 0 Å². The largest absolute Gasteiger partial charge is 0.377 e. The number of carbonyl (C=O) groups excluding carboxylic acids is 1. The van der Waals surface area contributed by atoms with E-state index in [0.717, 1.165) is 69.1 Å². The number of aryl methyl sites for hydroxylation is 2. The number of imidazole rings is 1. The van der Waals surface area contributed by atoms with Crippen molar-refractivity contribution in [3.05, 3.63) is 102 Å². The van der Waals surface area contributed by atoms with Gasteiger partial charge in [0.25, 0.3) is 0 Å². The summed E-state index contributed by atoms with van der Waals surface area (Å²) in [6.45, 7) is 6.85. The van der Waals surface area contributed by atoms with E-state index in [4.69, 9.17) is 19.7 Å². The number of carbonyl (C=O) groups is 1. The molecule has 6 aromatic rings. The van der Waals surface area contributed by atoms with Gasteiger partial charge in [-0.2, -0.15) is 0 Å². The van der Waals surface area contributed by atoms with Gasteiger partial charge in [-0.3, -0.25) is 24.6 Å². The third-order valence-corrected chi connectivity index (χ3v) is 7.73. The molecule has 4 aromatic heterocycles. The lowest BCUT2D eigenvalue weighted by Crippen LogP contribution is -2.22. The first kappa shape index (κ1) is 27.4. The summed E-state index contributed by atoms with van der Waals surface area (Å²) in [7, 11) is 0. The first-order chi connectivity index (χ1) is 21.4. The van der Waals surface area contributed by atoms with Gasteiger partial charge in [-0.05, 0) is 92.1 Å². The van der Waals surface area contributed by atoms with Gasteiger partial charge in [-0.1, -0.05) is 12.1 Å². The van der Waals surface area contributed by atoms with E-state index in [9.17, 15) is 4.79 Å². The first-order valence-electron chi connectivity index (χ1n) is 14.6. The maximum atomic E-state index is 12.6. The van der Waals surface area contributed by atoms with E-state index < -0.39 is 0 Å². The molecule has 1 amide bonds. The Kier molecular flexibility index (Phi) is 7.07. The summed E-state index contributed by atoms with van der Waals surface area (Å²) in [4.78, 5) is 36.1. The summed E-state index contributed by atoms with van der Waals surface area (Å²) in [5.74, 6) is 0.561. The Bertz CT molecular complexity index is 2060. The Morgan fingerprint density at radius 3 is 2.55 bits per heavy atom. The van der Waals surface area contributed by atoms with Crippen LogP contribution in [0.15, 0.2) is 85.2 Å². The zero-order chi connectivity index (χ0) is 30.2. The summed E-state index contributed by atoms with van der Waals surface area (Å²) in [5.41, 5.74) is 10.9. The van der Waals surface area contributed by atoms with Crippen molar-refractivity contribution >= 4 is 56.2 Å². The van der Waals surface area contributed by atoms with E-state index >= 15 is 0 Å². The number of hydrogen-bond donors (Lipinski definition) is 2. The van der Waals surface area contributed by atoms with Crippen molar-refractivity contribution in [2.24, 2.45) is 0 Å².